The summed E-state index contributed by atoms with van der Waals surface area (Å²) in [5, 5.41) is 20.1. The topological polar surface area (TPSA) is 89.2 Å². The van der Waals surface area contributed by atoms with E-state index in [1.165, 1.54) is 12.1 Å². The number of hydrogen-bond acceptors (Lipinski definition) is 5. The lowest BCUT2D eigenvalue weighted by Crippen LogP contribution is -2.01. The van der Waals surface area contributed by atoms with Gasteiger partial charge >= 0.3 is 0 Å². The van der Waals surface area contributed by atoms with E-state index in [4.69, 9.17) is 0 Å². The lowest BCUT2D eigenvalue weighted by Gasteiger charge is -2.08. The third kappa shape index (κ3) is 2.74. The van der Waals surface area contributed by atoms with Crippen molar-refractivity contribution < 1.29 is 10.0 Å². The SMILES string of the molecule is Cc1nc(-c2ccc([N+](=O)[O-])cc2)ncc1[C@@H](C)O. The molecule has 0 spiro atoms. The Kier molecular flexibility index (Phi) is 3.52. The minimum Gasteiger partial charge on any atom is -0.389 e. The fraction of sp³-hybridized carbons (Fsp3) is 0.231. The third-order valence-electron chi connectivity index (χ3n) is 2.80. The highest BCUT2D eigenvalue weighted by atomic mass is 16.6. The molecule has 6 heteroatoms. The maximum atomic E-state index is 10.6. The maximum absolute atomic E-state index is 10.6. The second-order valence-corrected chi connectivity index (χ2v) is 4.21. The smallest absolute Gasteiger partial charge is 0.269 e. The number of aryl methyl sites for hydroxylation is 1. The molecule has 1 atom stereocenters. The summed E-state index contributed by atoms with van der Waals surface area (Å²) >= 11 is 0. The summed E-state index contributed by atoms with van der Waals surface area (Å²) in [4.78, 5) is 18.6. The molecule has 0 saturated carbocycles. The number of aromatic nitrogens is 2. The molecule has 6 nitrogen and oxygen atoms in total. The van der Waals surface area contributed by atoms with Crippen molar-refractivity contribution >= 4 is 5.69 Å². The highest BCUT2D eigenvalue weighted by Gasteiger charge is 2.10. The van der Waals surface area contributed by atoms with Crippen molar-refractivity contribution in [3.8, 4) is 11.4 Å². The molecule has 0 aliphatic carbocycles. The first-order valence-electron chi connectivity index (χ1n) is 5.75. The Labute approximate surface area is 109 Å². The molecule has 0 saturated heterocycles. The van der Waals surface area contributed by atoms with Crippen LogP contribution in [-0.4, -0.2) is 20.0 Å². The number of nitro groups is 1. The first kappa shape index (κ1) is 13.1. The number of nitrogens with zero attached hydrogens (tertiary/aromatic N) is 3. The van der Waals surface area contributed by atoms with E-state index < -0.39 is 11.0 Å². The van der Waals surface area contributed by atoms with Gasteiger partial charge in [-0.15, -0.1) is 0 Å². The molecule has 2 aromatic rings. The number of rotatable bonds is 3. The van der Waals surface area contributed by atoms with Crippen LogP contribution in [-0.2, 0) is 0 Å². The van der Waals surface area contributed by atoms with Gasteiger partial charge in [0, 0.05) is 35.2 Å². The van der Waals surface area contributed by atoms with Crippen LogP contribution in [0.25, 0.3) is 11.4 Å². The summed E-state index contributed by atoms with van der Waals surface area (Å²) in [6.07, 6.45) is 0.954. The van der Waals surface area contributed by atoms with E-state index in [0.717, 1.165) is 0 Å². The number of hydrogen-bond donors (Lipinski definition) is 1. The van der Waals surface area contributed by atoms with Gasteiger partial charge in [-0.3, -0.25) is 10.1 Å². The average molecular weight is 259 g/mol. The standard InChI is InChI=1S/C13H13N3O3/c1-8-12(9(2)17)7-14-13(15-8)10-3-5-11(6-4-10)16(18)19/h3-7,9,17H,1-2H3/t9-/m1/s1. The maximum Gasteiger partial charge on any atom is 0.269 e. The van der Waals surface area contributed by atoms with Crippen LogP contribution in [0.3, 0.4) is 0 Å². The molecule has 1 aromatic heterocycles. The molecule has 0 amide bonds. The quantitative estimate of drug-likeness (QED) is 0.675. The minimum atomic E-state index is -0.620. The van der Waals surface area contributed by atoms with Crippen molar-refractivity contribution in [1.82, 2.24) is 9.97 Å². The van der Waals surface area contributed by atoms with Gasteiger partial charge in [0.15, 0.2) is 5.82 Å². The second-order valence-electron chi connectivity index (χ2n) is 4.21. The summed E-state index contributed by atoms with van der Waals surface area (Å²) in [5.41, 5.74) is 2.09. The zero-order chi connectivity index (χ0) is 14.0. The molecule has 1 N–H and O–H groups in total. The molecular formula is C13H13N3O3. The van der Waals surface area contributed by atoms with Crippen molar-refractivity contribution in [1.29, 1.82) is 0 Å². The number of aliphatic hydroxyl groups excluding tert-OH is 1. The molecule has 0 bridgehead atoms. The highest BCUT2D eigenvalue weighted by molar-refractivity contribution is 5.57. The zero-order valence-electron chi connectivity index (χ0n) is 10.6. The van der Waals surface area contributed by atoms with Crippen LogP contribution >= 0.6 is 0 Å². The van der Waals surface area contributed by atoms with Crippen LogP contribution in [0.1, 0.15) is 24.3 Å². The van der Waals surface area contributed by atoms with E-state index in [0.29, 0.717) is 22.6 Å². The summed E-state index contributed by atoms with van der Waals surface area (Å²) < 4.78 is 0. The molecule has 0 aliphatic rings. The Morgan fingerprint density at radius 3 is 2.42 bits per heavy atom. The number of nitro benzene ring substituents is 1. The van der Waals surface area contributed by atoms with Gasteiger partial charge in [-0.25, -0.2) is 9.97 Å². The lowest BCUT2D eigenvalue weighted by atomic mass is 10.1. The third-order valence-corrected chi connectivity index (χ3v) is 2.80. The van der Waals surface area contributed by atoms with Crippen molar-refractivity contribution in [3.63, 3.8) is 0 Å². The highest BCUT2D eigenvalue weighted by Crippen LogP contribution is 2.21. The van der Waals surface area contributed by atoms with Gasteiger partial charge in [0.05, 0.1) is 11.0 Å². The van der Waals surface area contributed by atoms with Gasteiger partial charge in [-0.2, -0.15) is 0 Å². The predicted molar refractivity (Wildman–Crippen MR) is 69.5 cm³/mol. The van der Waals surface area contributed by atoms with Crippen molar-refractivity contribution in [2.75, 3.05) is 0 Å². The zero-order valence-corrected chi connectivity index (χ0v) is 10.6. The Balaban J connectivity index is 2.37. The second kappa shape index (κ2) is 5.11. The first-order valence-corrected chi connectivity index (χ1v) is 5.75. The number of non-ortho nitro benzene ring substituents is 1. The molecule has 1 heterocycles. The van der Waals surface area contributed by atoms with Crippen LogP contribution in [0.2, 0.25) is 0 Å². The molecule has 0 unspecified atom stereocenters. The molecule has 19 heavy (non-hydrogen) atoms. The summed E-state index contributed by atoms with van der Waals surface area (Å²) in [7, 11) is 0. The fourth-order valence-corrected chi connectivity index (χ4v) is 1.76. The number of aliphatic hydroxyl groups is 1. The van der Waals surface area contributed by atoms with Gasteiger partial charge in [-0.05, 0) is 26.0 Å². The van der Waals surface area contributed by atoms with Gasteiger partial charge in [0.2, 0.25) is 0 Å². The Morgan fingerprint density at radius 1 is 1.32 bits per heavy atom. The van der Waals surface area contributed by atoms with E-state index in [1.54, 1.807) is 32.2 Å². The van der Waals surface area contributed by atoms with Gasteiger partial charge in [-0.1, -0.05) is 0 Å². The lowest BCUT2D eigenvalue weighted by molar-refractivity contribution is -0.384. The minimum absolute atomic E-state index is 0.0288. The summed E-state index contributed by atoms with van der Waals surface area (Å²) in [6.45, 7) is 3.44. The Bertz CT molecular complexity index is 609. The number of benzene rings is 1. The van der Waals surface area contributed by atoms with Gasteiger partial charge in [0.1, 0.15) is 0 Å². The van der Waals surface area contributed by atoms with Crippen molar-refractivity contribution in [2.45, 2.75) is 20.0 Å². The van der Waals surface area contributed by atoms with E-state index in [1.807, 2.05) is 0 Å². The molecular weight excluding hydrogens is 246 g/mol. The molecule has 0 radical (unpaired) electrons. The van der Waals surface area contributed by atoms with Crippen LogP contribution in [0, 0.1) is 17.0 Å². The average Bonchev–Trinajstić information content (AvgIpc) is 2.38. The van der Waals surface area contributed by atoms with E-state index >= 15 is 0 Å². The molecule has 1 aromatic carbocycles. The van der Waals surface area contributed by atoms with Gasteiger partial charge in [0.25, 0.3) is 5.69 Å². The van der Waals surface area contributed by atoms with Crippen LogP contribution in [0.15, 0.2) is 30.5 Å². The molecule has 0 fully saturated rings. The fourth-order valence-electron chi connectivity index (χ4n) is 1.76. The first-order chi connectivity index (χ1) is 8.99. The van der Waals surface area contributed by atoms with Crippen LogP contribution in [0.5, 0.6) is 0 Å². The largest absolute Gasteiger partial charge is 0.389 e. The monoisotopic (exact) mass is 259 g/mol. The Morgan fingerprint density at radius 2 is 1.95 bits per heavy atom. The molecule has 2 rings (SSSR count). The van der Waals surface area contributed by atoms with Crippen molar-refractivity contribution in [3.05, 3.63) is 51.8 Å². The summed E-state index contributed by atoms with van der Waals surface area (Å²) in [6, 6.07) is 6.04. The van der Waals surface area contributed by atoms with E-state index in [2.05, 4.69) is 9.97 Å². The van der Waals surface area contributed by atoms with Gasteiger partial charge < -0.3 is 5.11 Å². The molecule has 98 valence electrons. The van der Waals surface area contributed by atoms with Crippen LogP contribution in [0.4, 0.5) is 5.69 Å². The normalized spacial score (nSPS) is 12.2. The molecule has 0 aliphatic heterocycles. The Hall–Kier alpha value is -2.34. The van der Waals surface area contributed by atoms with E-state index in [9.17, 15) is 15.2 Å². The van der Waals surface area contributed by atoms with Crippen molar-refractivity contribution in [2.24, 2.45) is 0 Å². The predicted octanol–water partition coefficient (Wildman–Crippen LogP) is 2.41. The van der Waals surface area contributed by atoms with E-state index in [-0.39, 0.29) is 5.69 Å². The van der Waals surface area contributed by atoms with Crippen LogP contribution < -0.4 is 0 Å². The summed E-state index contributed by atoms with van der Waals surface area (Å²) in [5.74, 6) is 0.483.